The van der Waals surface area contributed by atoms with Crippen LogP contribution in [0.2, 0.25) is 5.02 Å². The van der Waals surface area contributed by atoms with Gasteiger partial charge in [-0.05, 0) is 76.5 Å². The van der Waals surface area contributed by atoms with Gasteiger partial charge in [-0.25, -0.2) is 13.4 Å². The fourth-order valence-corrected chi connectivity index (χ4v) is 6.05. The molecule has 3 aromatic rings. The first-order valence-electron chi connectivity index (χ1n) is 10.6. The van der Waals surface area contributed by atoms with Crippen LogP contribution in [-0.2, 0) is 9.84 Å². The molecule has 1 saturated heterocycles. The van der Waals surface area contributed by atoms with Gasteiger partial charge in [0, 0.05) is 23.3 Å². The third-order valence-corrected chi connectivity index (χ3v) is 8.27. The molecule has 0 bridgehead atoms. The summed E-state index contributed by atoms with van der Waals surface area (Å²) < 4.78 is 27.5. The van der Waals surface area contributed by atoms with E-state index in [1.165, 1.54) is 4.57 Å². The Hall–Kier alpha value is -2.49. The van der Waals surface area contributed by atoms with E-state index in [2.05, 4.69) is 20.6 Å². The van der Waals surface area contributed by atoms with Crippen molar-refractivity contribution in [2.75, 3.05) is 18.4 Å². The first kappa shape index (κ1) is 22.7. The van der Waals surface area contributed by atoms with Crippen molar-refractivity contribution in [2.24, 2.45) is 0 Å². The van der Waals surface area contributed by atoms with Crippen molar-refractivity contribution in [1.29, 1.82) is 0 Å². The SMILES string of the molecule is Cc1cc(S(=O)(=O)C2CCNCC2)ccc1Nc1ncc2cc(Cl)c(=O)n(C(C)C)c2n1. The Bertz CT molecular complexity index is 1330. The molecule has 2 aromatic heterocycles. The predicted octanol–water partition coefficient (Wildman–Crippen LogP) is 3.60. The first-order valence-corrected chi connectivity index (χ1v) is 12.5. The molecule has 0 atom stereocenters. The number of pyridine rings is 1. The van der Waals surface area contributed by atoms with Crippen molar-refractivity contribution >= 4 is 44.1 Å². The molecule has 8 nitrogen and oxygen atoms in total. The van der Waals surface area contributed by atoms with Gasteiger partial charge in [0.2, 0.25) is 5.95 Å². The molecule has 0 saturated carbocycles. The van der Waals surface area contributed by atoms with E-state index in [0.29, 0.717) is 53.5 Å². The molecule has 1 aromatic carbocycles. The average Bonchev–Trinajstić information content (AvgIpc) is 2.76. The molecule has 0 aliphatic carbocycles. The number of sulfone groups is 1. The maximum Gasteiger partial charge on any atom is 0.271 e. The Balaban J connectivity index is 1.66. The summed E-state index contributed by atoms with van der Waals surface area (Å²) in [7, 11) is -3.38. The minimum absolute atomic E-state index is 0.122. The number of aromatic nitrogens is 3. The van der Waals surface area contributed by atoms with Crippen molar-refractivity contribution in [1.82, 2.24) is 19.9 Å². The quantitative estimate of drug-likeness (QED) is 0.580. The summed E-state index contributed by atoms with van der Waals surface area (Å²) in [6.45, 7) is 7.05. The number of fused-ring (bicyclic) bond motifs is 1. The van der Waals surface area contributed by atoms with Gasteiger partial charge in [0.05, 0.1) is 10.1 Å². The second kappa shape index (κ2) is 8.80. The lowest BCUT2D eigenvalue weighted by molar-refractivity contribution is 0.496. The van der Waals surface area contributed by atoms with Gasteiger partial charge in [0.15, 0.2) is 9.84 Å². The van der Waals surface area contributed by atoms with Gasteiger partial charge in [-0.3, -0.25) is 9.36 Å². The van der Waals surface area contributed by atoms with Crippen LogP contribution in [0.3, 0.4) is 0 Å². The van der Waals surface area contributed by atoms with Crippen molar-refractivity contribution in [2.45, 2.75) is 49.8 Å². The van der Waals surface area contributed by atoms with Crippen LogP contribution in [0, 0.1) is 6.92 Å². The number of nitrogens with zero attached hydrogens (tertiary/aromatic N) is 3. The van der Waals surface area contributed by atoms with Gasteiger partial charge in [0.1, 0.15) is 10.7 Å². The number of anilines is 2. The van der Waals surface area contributed by atoms with E-state index in [4.69, 9.17) is 11.6 Å². The van der Waals surface area contributed by atoms with E-state index in [1.54, 1.807) is 30.5 Å². The maximum absolute atomic E-state index is 13.0. The van der Waals surface area contributed by atoms with Gasteiger partial charge in [-0.1, -0.05) is 11.6 Å². The normalized spacial score (nSPS) is 15.4. The van der Waals surface area contributed by atoms with E-state index >= 15 is 0 Å². The highest BCUT2D eigenvalue weighted by molar-refractivity contribution is 7.92. The molecule has 0 unspecified atom stereocenters. The molecular formula is C22H26ClN5O3S. The molecule has 0 amide bonds. The number of hydrogen-bond donors (Lipinski definition) is 2. The fourth-order valence-electron chi connectivity index (χ4n) is 4.00. The smallest absolute Gasteiger partial charge is 0.271 e. The summed E-state index contributed by atoms with van der Waals surface area (Å²) >= 11 is 6.08. The largest absolute Gasteiger partial charge is 0.324 e. The monoisotopic (exact) mass is 475 g/mol. The summed E-state index contributed by atoms with van der Waals surface area (Å²) in [6.07, 6.45) is 2.85. The summed E-state index contributed by atoms with van der Waals surface area (Å²) in [5, 5.41) is 6.77. The van der Waals surface area contributed by atoms with Gasteiger partial charge in [-0.15, -0.1) is 0 Å². The molecule has 1 aliphatic heterocycles. The van der Waals surface area contributed by atoms with Gasteiger partial charge in [-0.2, -0.15) is 4.98 Å². The zero-order valence-electron chi connectivity index (χ0n) is 18.2. The number of piperidine rings is 1. The molecule has 4 rings (SSSR count). The van der Waals surface area contributed by atoms with Gasteiger partial charge < -0.3 is 10.6 Å². The van der Waals surface area contributed by atoms with Crippen molar-refractivity contribution in [3.8, 4) is 0 Å². The molecule has 1 aliphatic rings. The molecule has 170 valence electrons. The van der Waals surface area contributed by atoms with Crippen LogP contribution in [-0.4, -0.2) is 41.3 Å². The molecule has 0 spiro atoms. The van der Waals surface area contributed by atoms with Gasteiger partial charge >= 0.3 is 0 Å². The van der Waals surface area contributed by atoms with E-state index in [-0.39, 0.29) is 21.9 Å². The molecular weight excluding hydrogens is 450 g/mol. The van der Waals surface area contributed by atoms with E-state index in [0.717, 1.165) is 5.56 Å². The fraction of sp³-hybridized carbons (Fsp3) is 0.409. The Morgan fingerprint density at radius 1 is 1.22 bits per heavy atom. The van der Waals surface area contributed by atoms with Crippen LogP contribution in [0.15, 0.2) is 40.2 Å². The Labute approximate surface area is 192 Å². The van der Waals surface area contributed by atoms with Crippen LogP contribution in [0.5, 0.6) is 0 Å². The summed E-state index contributed by atoms with van der Waals surface area (Å²) in [5.41, 5.74) is 1.64. The van der Waals surface area contributed by atoms with Crippen LogP contribution in [0.1, 0.15) is 38.3 Å². The number of benzene rings is 1. The van der Waals surface area contributed by atoms with E-state index in [1.807, 2.05) is 20.8 Å². The summed E-state index contributed by atoms with van der Waals surface area (Å²) in [4.78, 5) is 21.7. The number of halogens is 1. The second-order valence-electron chi connectivity index (χ2n) is 8.33. The highest BCUT2D eigenvalue weighted by Gasteiger charge is 2.29. The van der Waals surface area contributed by atoms with Crippen LogP contribution < -0.4 is 16.2 Å². The van der Waals surface area contributed by atoms with Crippen molar-refractivity contribution in [3.05, 3.63) is 51.4 Å². The minimum Gasteiger partial charge on any atom is -0.324 e. The average molecular weight is 476 g/mol. The Morgan fingerprint density at radius 2 is 1.94 bits per heavy atom. The van der Waals surface area contributed by atoms with Crippen molar-refractivity contribution < 1.29 is 8.42 Å². The summed E-state index contributed by atoms with van der Waals surface area (Å²) in [6, 6.07) is 6.47. The number of nitrogens with one attached hydrogen (secondary N) is 2. The number of rotatable bonds is 5. The summed E-state index contributed by atoms with van der Waals surface area (Å²) in [5.74, 6) is 0.311. The lowest BCUT2D eigenvalue weighted by Crippen LogP contribution is -2.35. The third-order valence-electron chi connectivity index (χ3n) is 5.74. The third kappa shape index (κ3) is 4.24. The Kier molecular flexibility index (Phi) is 6.24. The Morgan fingerprint density at radius 3 is 2.59 bits per heavy atom. The van der Waals surface area contributed by atoms with E-state index in [9.17, 15) is 13.2 Å². The van der Waals surface area contributed by atoms with E-state index < -0.39 is 9.84 Å². The molecule has 3 heterocycles. The topological polar surface area (TPSA) is 106 Å². The predicted molar refractivity (Wildman–Crippen MR) is 127 cm³/mol. The van der Waals surface area contributed by atoms with Crippen LogP contribution >= 0.6 is 11.6 Å². The molecule has 32 heavy (non-hydrogen) atoms. The highest BCUT2D eigenvalue weighted by atomic mass is 35.5. The van der Waals surface area contributed by atoms with Crippen LogP contribution in [0.4, 0.5) is 11.6 Å². The number of hydrogen-bond acceptors (Lipinski definition) is 7. The maximum atomic E-state index is 13.0. The molecule has 10 heteroatoms. The zero-order valence-corrected chi connectivity index (χ0v) is 19.8. The first-order chi connectivity index (χ1) is 15.2. The zero-order chi connectivity index (χ0) is 23.0. The highest BCUT2D eigenvalue weighted by Crippen LogP contribution is 2.27. The standard InChI is InChI=1S/C22H26ClN5O3S/c1-13(2)28-20-15(11-18(23)21(28)29)12-25-22(27-20)26-19-5-4-17(10-14(19)3)32(30,31)16-6-8-24-9-7-16/h4-5,10-13,16,24H,6-9H2,1-3H3,(H,25,26,27). The van der Waals surface area contributed by atoms with Crippen molar-refractivity contribution in [3.63, 3.8) is 0 Å². The second-order valence-corrected chi connectivity index (χ2v) is 11.0. The minimum atomic E-state index is -3.38. The molecule has 0 radical (unpaired) electrons. The lowest BCUT2D eigenvalue weighted by Gasteiger charge is -2.23. The molecule has 1 fully saturated rings. The number of aryl methyl sites for hydroxylation is 1. The van der Waals surface area contributed by atoms with Gasteiger partial charge in [0.25, 0.3) is 5.56 Å². The lowest BCUT2D eigenvalue weighted by atomic mass is 10.2. The molecule has 2 N–H and O–H groups in total. The van der Waals surface area contributed by atoms with Crippen LogP contribution in [0.25, 0.3) is 11.0 Å².